The standard InChI is InChI=1S/C21H25N5O2S/c27-19(21-22-5-11-29-21)15-2-1-6-26(13-15)20-17-4-3-16(12-18(17)23-14-24-20)25-7-9-28-10-8-25/h3-5,11-12,14-15,19,27H,1-2,6-10,13H2/t15-,19?/m1/s1. The first-order valence-corrected chi connectivity index (χ1v) is 11.1. The number of rotatable bonds is 4. The topological polar surface area (TPSA) is 74.6 Å². The lowest BCUT2D eigenvalue weighted by molar-refractivity contribution is 0.0977. The van der Waals surface area contributed by atoms with E-state index in [4.69, 9.17) is 4.74 Å². The van der Waals surface area contributed by atoms with Crippen molar-refractivity contribution in [2.24, 2.45) is 5.92 Å². The van der Waals surface area contributed by atoms with Crippen molar-refractivity contribution >= 4 is 33.7 Å². The number of morpholine rings is 1. The molecule has 5 rings (SSSR count). The molecule has 0 aliphatic carbocycles. The van der Waals surface area contributed by atoms with Crippen LogP contribution in [-0.4, -0.2) is 59.5 Å². The normalized spacial score (nSPS) is 21.5. The second kappa shape index (κ2) is 8.22. The Morgan fingerprint density at radius 3 is 2.83 bits per heavy atom. The average molecular weight is 412 g/mol. The third kappa shape index (κ3) is 3.80. The van der Waals surface area contributed by atoms with Crippen molar-refractivity contribution in [3.63, 3.8) is 0 Å². The quantitative estimate of drug-likeness (QED) is 0.707. The smallest absolute Gasteiger partial charge is 0.139 e. The first kappa shape index (κ1) is 18.7. The van der Waals surface area contributed by atoms with E-state index in [-0.39, 0.29) is 5.92 Å². The van der Waals surface area contributed by atoms with Gasteiger partial charge < -0.3 is 19.6 Å². The van der Waals surface area contributed by atoms with E-state index in [1.165, 1.54) is 17.0 Å². The van der Waals surface area contributed by atoms with E-state index in [9.17, 15) is 5.11 Å². The van der Waals surface area contributed by atoms with Crippen LogP contribution in [0.5, 0.6) is 0 Å². The average Bonchev–Trinajstić information content (AvgIpc) is 3.33. The zero-order valence-electron chi connectivity index (χ0n) is 16.3. The highest BCUT2D eigenvalue weighted by molar-refractivity contribution is 7.09. The van der Waals surface area contributed by atoms with Crippen molar-refractivity contribution in [3.05, 3.63) is 41.1 Å². The van der Waals surface area contributed by atoms with Crippen molar-refractivity contribution in [1.82, 2.24) is 15.0 Å². The predicted octanol–water partition coefficient (Wildman–Crippen LogP) is 2.87. The molecule has 2 aliphatic rings. The van der Waals surface area contributed by atoms with Gasteiger partial charge in [-0.05, 0) is 31.0 Å². The van der Waals surface area contributed by atoms with Gasteiger partial charge in [-0.15, -0.1) is 11.3 Å². The molecule has 0 amide bonds. The second-order valence-corrected chi connectivity index (χ2v) is 8.59. The molecule has 0 bridgehead atoms. The van der Waals surface area contributed by atoms with E-state index < -0.39 is 6.10 Å². The lowest BCUT2D eigenvalue weighted by Crippen LogP contribution is -2.38. The van der Waals surface area contributed by atoms with Crippen LogP contribution in [0.1, 0.15) is 24.0 Å². The monoisotopic (exact) mass is 411 g/mol. The number of thiazole rings is 1. The van der Waals surface area contributed by atoms with Gasteiger partial charge in [-0.25, -0.2) is 15.0 Å². The number of piperidine rings is 1. The first-order valence-electron chi connectivity index (χ1n) is 10.2. The minimum atomic E-state index is -0.515. The Labute approximate surface area is 174 Å². The summed E-state index contributed by atoms with van der Waals surface area (Å²) in [5, 5.41) is 14.6. The molecule has 0 spiro atoms. The van der Waals surface area contributed by atoms with Crippen molar-refractivity contribution in [2.75, 3.05) is 49.2 Å². The predicted molar refractivity (Wildman–Crippen MR) is 115 cm³/mol. The summed E-state index contributed by atoms with van der Waals surface area (Å²) in [5.74, 6) is 1.12. The van der Waals surface area contributed by atoms with Gasteiger partial charge >= 0.3 is 0 Å². The molecular weight excluding hydrogens is 386 g/mol. The Morgan fingerprint density at radius 1 is 1.10 bits per heavy atom. The number of hydrogen-bond donors (Lipinski definition) is 1. The van der Waals surface area contributed by atoms with Crippen molar-refractivity contribution in [3.8, 4) is 0 Å². The SMILES string of the molecule is OC(c1nccs1)[C@@H]1CCCN(c2ncnc3cc(N4CCOCC4)ccc23)C1. The van der Waals surface area contributed by atoms with E-state index in [0.29, 0.717) is 0 Å². The minimum Gasteiger partial charge on any atom is -0.386 e. The number of hydrogen-bond acceptors (Lipinski definition) is 8. The Hall–Kier alpha value is -2.29. The van der Waals surface area contributed by atoms with E-state index in [1.807, 2.05) is 5.38 Å². The molecule has 1 N–H and O–H groups in total. The highest BCUT2D eigenvalue weighted by Gasteiger charge is 2.29. The largest absolute Gasteiger partial charge is 0.386 e. The van der Waals surface area contributed by atoms with Crippen LogP contribution < -0.4 is 9.80 Å². The summed E-state index contributed by atoms with van der Waals surface area (Å²) in [6.07, 6.45) is 4.93. The third-order valence-electron chi connectivity index (χ3n) is 5.88. The number of anilines is 2. The summed E-state index contributed by atoms with van der Waals surface area (Å²) in [5.41, 5.74) is 2.14. The molecule has 0 saturated carbocycles. The van der Waals surface area contributed by atoms with Gasteiger partial charge in [0.1, 0.15) is 23.3 Å². The molecule has 1 unspecified atom stereocenters. The van der Waals surface area contributed by atoms with Crippen LogP contribution in [0.4, 0.5) is 11.5 Å². The fraction of sp³-hybridized carbons (Fsp3) is 0.476. The number of ether oxygens (including phenoxy) is 1. The highest BCUT2D eigenvalue weighted by Crippen LogP contribution is 2.34. The van der Waals surface area contributed by atoms with E-state index in [2.05, 4.69) is 43.0 Å². The van der Waals surface area contributed by atoms with Crippen LogP contribution in [0.15, 0.2) is 36.1 Å². The molecule has 2 saturated heterocycles. The van der Waals surface area contributed by atoms with Gasteiger partial charge in [0.2, 0.25) is 0 Å². The number of aliphatic hydroxyl groups excluding tert-OH is 1. The van der Waals surface area contributed by atoms with Gasteiger partial charge in [-0.3, -0.25) is 0 Å². The fourth-order valence-electron chi connectivity index (χ4n) is 4.34. The first-order chi connectivity index (χ1) is 14.3. The van der Waals surface area contributed by atoms with Crippen LogP contribution in [0.25, 0.3) is 10.9 Å². The molecule has 29 heavy (non-hydrogen) atoms. The van der Waals surface area contributed by atoms with Gasteiger partial charge in [-0.1, -0.05) is 0 Å². The lowest BCUT2D eigenvalue weighted by Gasteiger charge is -2.35. The molecule has 2 atom stereocenters. The number of aliphatic hydroxyl groups is 1. The Bertz CT molecular complexity index is 961. The Kier molecular flexibility index (Phi) is 5.30. The van der Waals surface area contributed by atoms with Crippen LogP contribution >= 0.6 is 11.3 Å². The molecule has 1 aromatic carbocycles. The molecule has 4 heterocycles. The number of benzene rings is 1. The molecular formula is C21H25N5O2S. The summed E-state index contributed by atoms with van der Waals surface area (Å²) < 4.78 is 5.47. The lowest BCUT2D eigenvalue weighted by atomic mass is 9.92. The molecule has 2 aliphatic heterocycles. The molecule has 2 fully saturated rings. The van der Waals surface area contributed by atoms with Crippen molar-refractivity contribution in [2.45, 2.75) is 18.9 Å². The minimum absolute atomic E-state index is 0.160. The fourth-order valence-corrected chi connectivity index (χ4v) is 5.06. The zero-order valence-corrected chi connectivity index (χ0v) is 17.1. The maximum absolute atomic E-state index is 10.8. The third-order valence-corrected chi connectivity index (χ3v) is 6.73. The van der Waals surface area contributed by atoms with E-state index in [0.717, 1.165) is 74.0 Å². The number of nitrogens with zero attached hydrogens (tertiary/aromatic N) is 5. The summed E-state index contributed by atoms with van der Waals surface area (Å²) >= 11 is 1.52. The molecule has 2 aromatic heterocycles. The summed E-state index contributed by atoms with van der Waals surface area (Å²) in [6, 6.07) is 6.44. The molecule has 7 nitrogen and oxygen atoms in total. The maximum atomic E-state index is 10.8. The summed E-state index contributed by atoms with van der Waals surface area (Å²) in [4.78, 5) is 18.1. The highest BCUT2D eigenvalue weighted by atomic mass is 32.1. The van der Waals surface area contributed by atoms with Gasteiger partial charge in [0, 0.05) is 54.7 Å². The second-order valence-electron chi connectivity index (χ2n) is 7.66. The van der Waals surface area contributed by atoms with Crippen LogP contribution in [0, 0.1) is 5.92 Å². The molecule has 152 valence electrons. The molecule has 8 heteroatoms. The molecule has 0 radical (unpaired) electrons. The Balaban J connectivity index is 1.40. The van der Waals surface area contributed by atoms with Gasteiger partial charge in [0.25, 0.3) is 0 Å². The van der Waals surface area contributed by atoms with Gasteiger partial charge in [0.15, 0.2) is 0 Å². The maximum Gasteiger partial charge on any atom is 0.139 e. The number of fused-ring (bicyclic) bond motifs is 1. The van der Waals surface area contributed by atoms with E-state index in [1.54, 1.807) is 12.5 Å². The Morgan fingerprint density at radius 2 is 2.00 bits per heavy atom. The van der Waals surface area contributed by atoms with Crippen LogP contribution in [0.3, 0.4) is 0 Å². The molecule has 3 aromatic rings. The summed E-state index contributed by atoms with van der Waals surface area (Å²) in [6.45, 7) is 5.07. The van der Waals surface area contributed by atoms with Crippen LogP contribution in [-0.2, 0) is 4.74 Å². The van der Waals surface area contributed by atoms with E-state index >= 15 is 0 Å². The van der Waals surface area contributed by atoms with Crippen molar-refractivity contribution in [1.29, 1.82) is 0 Å². The van der Waals surface area contributed by atoms with Crippen LogP contribution in [0.2, 0.25) is 0 Å². The summed E-state index contributed by atoms with van der Waals surface area (Å²) in [7, 11) is 0. The van der Waals surface area contributed by atoms with Gasteiger partial charge in [0.05, 0.1) is 18.7 Å². The number of aromatic nitrogens is 3. The van der Waals surface area contributed by atoms with Gasteiger partial charge in [-0.2, -0.15) is 0 Å². The zero-order chi connectivity index (χ0) is 19.6. The van der Waals surface area contributed by atoms with Crippen molar-refractivity contribution < 1.29 is 9.84 Å².